The molecule has 2 aromatic heterocycles. The van der Waals surface area contributed by atoms with Crippen molar-refractivity contribution in [3.63, 3.8) is 0 Å². The normalized spacial score (nSPS) is 11.1. The van der Waals surface area contributed by atoms with Crippen molar-refractivity contribution in [2.45, 2.75) is 13.0 Å². The molecule has 1 N–H and O–H groups in total. The smallest absolute Gasteiger partial charge is 0.178 e. The van der Waals surface area contributed by atoms with Gasteiger partial charge in [0, 0.05) is 22.8 Å². The predicted octanol–water partition coefficient (Wildman–Crippen LogP) is 4.64. The molecule has 0 aliphatic carbocycles. The summed E-state index contributed by atoms with van der Waals surface area (Å²) in [5.74, 6) is 0. The van der Waals surface area contributed by atoms with Crippen molar-refractivity contribution in [1.29, 1.82) is 0 Å². The zero-order chi connectivity index (χ0) is 14.1. The van der Waals surface area contributed by atoms with Crippen LogP contribution in [-0.4, -0.2) is 14.5 Å². The number of halogens is 2. The summed E-state index contributed by atoms with van der Waals surface area (Å²) in [6.07, 6.45) is 4.33. The third-order valence-electron chi connectivity index (χ3n) is 3.20. The van der Waals surface area contributed by atoms with E-state index < -0.39 is 0 Å². The monoisotopic (exact) mass is 323 g/mol. The SMILES string of the molecule is S=c1[nH]c2cnccc2n1CCc1ccc(Cl)cc1Cl. The van der Waals surface area contributed by atoms with E-state index in [4.69, 9.17) is 35.4 Å². The number of imidazole rings is 1. The van der Waals surface area contributed by atoms with E-state index in [-0.39, 0.29) is 0 Å². The van der Waals surface area contributed by atoms with E-state index >= 15 is 0 Å². The molecule has 3 aromatic rings. The van der Waals surface area contributed by atoms with Crippen molar-refractivity contribution < 1.29 is 0 Å². The number of fused-ring (bicyclic) bond motifs is 1. The molecular weight excluding hydrogens is 313 g/mol. The van der Waals surface area contributed by atoms with E-state index in [1.807, 2.05) is 18.2 Å². The third kappa shape index (κ3) is 2.59. The van der Waals surface area contributed by atoms with Gasteiger partial charge in [-0.15, -0.1) is 0 Å². The molecule has 0 radical (unpaired) electrons. The number of H-pyrrole nitrogens is 1. The van der Waals surface area contributed by atoms with Crippen molar-refractivity contribution >= 4 is 46.5 Å². The van der Waals surface area contributed by atoms with Crippen LogP contribution in [0.2, 0.25) is 10.0 Å². The maximum atomic E-state index is 6.19. The molecule has 20 heavy (non-hydrogen) atoms. The highest BCUT2D eigenvalue weighted by Crippen LogP contribution is 2.22. The Morgan fingerprint density at radius 2 is 2.10 bits per heavy atom. The highest BCUT2D eigenvalue weighted by molar-refractivity contribution is 7.71. The van der Waals surface area contributed by atoms with Gasteiger partial charge in [-0.3, -0.25) is 4.98 Å². The summed E-state index contributed by atoms with van der Waals surface area (Å²) in [4.78, 5) is 7.23. The molecule has 0 spiro atoms. The van der Waals surface area contributed by atoms with E-state index in [0.29, 0.717) is 14.8 Å². The Morgan fingerprint density at radius 3 is 2.90 bits per heavy atom. The lowest BCUT2D eigenvalue weighted by Crippen LogP contribution is -2.01. The molecule has 3 rings (SSSR count). The second-order valence-corrected chi connectivity index (χ2v) is 5.69. The number of aromatic nitrogens is 3. The van der Waals surface area contributed by atoms with E-state index in [1.54, 1.807) is 18.5 Å². The molecule has 0 unspecified atom stereocenters. The molecule has 0 amide bonds. The number of nitrogens with zero attached hydrogens (tertiary/aromatic N) is 2. The lowest BCUT2D eigenvalue weighted by Gasteiger charge is -2.07. The molecule has 0 atom stereocenters. The second kappa shape index (κ2) is 5.56. The first-order valence-electron chi connectivity index (χ1n) is 6.11. The first-order chi connectivity index (χ1) is 9.65. The standard InChI is InChI=1S/C14H11Cl2N3S/c15-10-2-1-9(11(16)7-10)4-6-19-13-3-5-17-8-12(13)18-14(19)20/h1-3,5,7-8H,4,6H2,(H,18,20). The molecule has 0 saturated carbocycles. The fourth-order valence-corrected chi connectivity index (χ4v) is 2.99. The molecular formula is C14H11Cl2N3S. The van der Waals surface area contributed by atoms with Crippen LogP contribution in [0, 0.1) is 4.77 Å². The number of nitrogens with one attached hydrogen (secondary N) is 1. The molecule has 2 heterocycles. The van der Waals surface area contributed by atoms with E-state index in [1.165, 1.54) is 0 Å². The highest BCUT2D eigenvalue weighted by Gasteiger charge is 2.06. The predicted molar refractivity (Wildman–Crippen MR) is 85.1 cm³/mol. The number of pyridine rings is 1. The van der Waals surface area contributed by atoms with E-state index in [2.05, 4.69) is 14.5 Å². The van der Waals surface area contributed by atoms with Gasteiger partial charge in [0.15, 0.2) is 4.77 Å². The average molecular weight is 324 g/mol. The number of hydrogen-bond acceptors (Lipinski definition) is 2. The van der Waals surface area contributed by atoms with Crippen molar-refractivity contribution in [1.82, 2.24) is 14.5 Å². The first-order valence-corrected chi connectivity index (χ1v) is 7.28. The van der Waals surface area contributed by atoms with E-state index in [0.717, 1.165) is 29.6 Å². The summed E-state index contributed by atoms with van der Waals surface area (Å²) in [6.45, 7) is 0.754. The van der Waals surface area contributed by atoms with Gasteiger partial charge in [-0.05, 0) is 42.4 Å². The molecule has 0 aliphatic rings. The van der Waals surface area contributed by atoms with Crippen LogP contribution in [0.3, 0.4) is 0 Å². The molecule has 1 aromatic carbocycles. The Bertz CT molecular complexity index is 823. The second-order valence-electron chi connectivity index (χ2n) is 4.46. The Hall–Kier alpha value is -1.36. The molecule has 102 valence electrons. The van der Waals surface area contributed by atoms with Crippen molar-refractivity contribution in [3.8, 4) is 0 Å². The van der Waals surface area contributed by atoms with Crippen LogP contribution in [0.25, 0.3) is 11.0 Å². The maximum absolute atomic E-state index is 6.19. The molecule has 6 heteroatoms. The number of rotatable bonds is 3. The van der Waals surface area contributed by atoms with Crippen LogP contribution in [0.4, 0.5) is 0 Å². The summed E-state index contributed by atoms with van der Waals surface area (Å²) >= 11 is 17.4. The average Bonchev–Trinajstić information content (AvgIpc) is 2.74. The Balaban J connectivity index is 1.90. The topological polar surface area (TPSA) is 33.6 Å². The first kappa shape index (κ1) is 13.6. The zero-order valence-electron chi connectivity index (χ0n) is 10.4. The van der Waals surface area contributed by atoms with Gasteiger partial charge in [-0.25, -0.2) is 0 Å². The number of aromatic amines is 1. The van der Waals surface area contributed by atoms with Crippen LogP contribution in [0.1, 0.15) is 5.56 Å². The highest BCUT2D eigenvalue weighted by atomic mass is 35.5. The fourth-order valence-electron chi connectivity index (χ4n) is 2.19. The van der Waals surface area contributed by atoms with Gasteiger partial charge in [0.2, 0.25) is 0 Å². The maximum Gasteiger partial charge on any atom is 0.178 e. The van der Waals surface area contributed by atoms with Gasteiger partial charge in [0.25, 0.3) is 0 Å². The molecule has 0 saturated heterocycles. The number of benzene rings is 1. The summed E-state index contributed by atoms with van der Waals surface area (Å²) in [7, 11) is 0. The van der Waals surface area contributed by atoms with Gasteiger partial charge in [-0.2, -0.15) is 0 Å². The summed E-state index contributed by atoms with van der Waals surface area (Å²) in [5, 5.41) is 1.33. The molecule has 0 bridgehead atoms. The minimum absolute atomic E-state index is 0.647. The minimum atomic E-state index is 0.647. The summed E-state index contributed by atoms with van der Waals surface area (Å²) < 4.78 is 2.75. The van der Waals surface area contributed by atoms with Gasteiger partial charge in [-0.1, -0.05) is 29.3 Å². The minimum Gasteiger partial charge on any atom is -0.329 e. The van der Waals surface area contributed by atoms with Crippen LogP contribution >= 0.6 is 35.4 Å². The van der Waals surface area contributed by atoms with Gasteiger partial charge >= 0.3 is 0 Å². The van der Waals surface area contributed by atoms with Gasteiger partial charge in [0.1, 0.15) is 0 Å². The molecule has 3 nitrogen and oxygen atoms in total. The summed E-state index contributed by atoms with van der Waals surface area (Å²) in [5.41, 5.74) is 3.05. The quantitative estimate of drug-likeness (QED) is 0.712. The zero-order valence-corrected chi connectivity index (χ0v) is 12.8. The van der Waals surface area contributed by atoms with Gasteiger partial charge < -0.3 is 9.55 Å². The van der Waals surface area contributed by atoms with Crippen LogP contribution in [0.15, 0.2) is 36.7 Å². The van der Waals surface area contributed by atoms with Crippen molar-refractivity contribution in [2.75, 3.05) is 0 Å². The molecule has 0 fully saturated rings. The van der Waals surface area contributed by atoms with Crippen LogP contribution < -0.4 is 0 Å². The largest absolute Gasteiger partial charge is 0.329 e. The van der Waals surface area contributed by atoms with Crippen LogP contribution in [-0.2, 0) is 13.0 Å². The van der Waals surface area contributed by atoms with E-state index in [9.17, 15) is 0 Å². The van der Waals surface area contributed by atoms with Crippen molar-refractivity contribution in [2.24, 2.45) is 0 Å². The number of aryl methyl sites for hydroxylation is 2. The third-order valence-corrected chi connectivity index (χ3v) is 4.10. The number of hydrogen-bond donors (Lipinski definition) is 1. The summed E-state index contributed by atoms with van der Waals surface area (Å²) in [6, 6.07) is 7.51. The fraction of sp³-hybridized carbons (Fsp3) is 0.143. The lowest BCUT2D eigenvalue weighted by molar-refractivity contribution is 0.706. The van der Waals surface area contributed by atoms with Crippen LogP contribution in [0.5, 0.6) is 0 Å². The van der Waals surface area contributed by atoms with Gasteiger partial charge in [0.05, 0.1) is 17.2 Å². The van der Waals surface area contributed by atoms with Crippen molar-refractivity contribution in [3.05, 3.63) is 57.0 Å². The Morgan fingerprint density at radius 1 is 1.25 bits per heavy atom. The Labute approximate surface area is 131 Å². The Kier molecular flexibility index (Phi) is 3.78. The lowest BCUT2D eigenvalue weighted by atomic mass is 10.1. The molecule has 0 aliphatic heterocycles.